The van der Waals surface area contributed by atoms with Crippen molar-refractivity contribution in [3.05, 3.63) is 33.8 Å². The Morgan fingerprint density at radius 2 is 2.12 bits per heavy atom. The number of aliphatic hydroxyl groups is 1. The van der Waals surface area contributed by atoms with Crippen molar-refractivity contribution < 1.29 is 5.11 Å². The maximum atomic E-state index is 8.85. The fourth-order valence-electron chi connectivity index (χ4n) is 1.46. The predicted octanol–water partition coefficient (Wildman–Crippen LogP) is 1.74. The number of halogens is 2. The SMILES string of the molecule is CN(Cc1ccc(Cl)cc1Cl)CC(N)CO. The fourth-order valence-corrected chi connectivity index (χ4v) is 1.93. The molecular formula is C11H16Cl2N2O. The Balaban J connectivity index is 2.59. The highest BCUT2D eigenvalue weighted by atomic mass is 35.5. The summed E-state index contributed by atoms with van der Waals surface area (Å²) in [7, 11) is 1.93. The standard InChI is InChI=1S/C11H16Cl2N2O/c1-15(6-10(14)7-16)5-8-2-3-9(12)4-11(8)13/h2-4,10,16H,5-7,14H2,1H3. The lowest BCUT2D eigenvalue weighted by molar-refractivity contribution is 0.218. The first-order chi connectivity index (χ1) is 7.52. The average Bonchev–Trinajstić information content (AvgIpc) is 2.22. The fraction of sp³-hybridized carbons (Fsp3) is 0.455. The van der Waals surface area contributed by atoms with Gasteiger partial charge in [0.15, 0.2) is 0 Å². The van der Waals surface area contributed by atoms with E-state index in [0.717, 1.165) is 5.56 Å². The van der Waals surface area contributed by atoms with Crippen molar-refractivity contribution >= 4 is 23.2 Å². The van der Waals surface area contributed by atoms with Crippen LogP contribution in [0, 0.1) is 0 Å². The Morgan fingerprint density at radius 3 is 2.69 bits per heavy atom. The van der Waals surface area contributed by atoms with Gasteiger partial charge in [0.25, 0.3) is 0 Å². The monoisotopic (exact) mass is 262 g/mol. The highest BCUT2D eigenvalue weighted by molar-refractivity contribution is 6.35. The van der Waals surface area contributed by atoms with E-state index >= 15 is 0 Å². The topological polar surface area (TPSA) is 49.5 Å². The third-order valence-corrected chi connectivity index (χ3v) is 2.82. The number of hydrogen-bond donors (Lipinski definition) is 2. The van der Waals surface area contributed by atoms with Crippen molar-refractivity contribution in [2.75, 3.05) is 20.2 Å². The Kier molecular flexibility index (Phi) is 5.52. The highest BCUT2D eigenvalue weighted by Gasteiger charge is 2.08. The molecule has 0 saturated heterocycles. The maximum Gasteiger partial charge on any atom is 0.0595 e. The van der Waals surface area contributed by atoms with Crippen LogP contribution in [0.5, 0.6) is 0 Å². The molecule has 0 bridgehead atoms. The minimum absolute atomic E-state index is 0.0152. The zero-order valence-electron chi connectivity index (χ0n) is 9.16. The zero-order chi connectivity index (χ0) is 12.1. The Morgan fingerprint density at radius 1 is 1.44 bits per heavy atom. The van der Waals surface area contributed by atoms with Gasteiger partial charge in [-0.15, -0.1) is 0 Å². The van der Waals surface area contributed by atoms with Gasteiger partial charge >= 0.3 is 0 Å². The van der Waals surface area contributed by atoms with Gasteiger partial charge in [-0.05, 0) is 24.7 Å². The first-order valence-electron chi connectivity index (χ1n) is 5.02. The van der Waals surface area contributed by atoms with E-state index in [1.165, 1.54) is 0 Å². The highest BCUT2D eigenvalue weighted by Crippen LogP contribution is 2.21. The molecule has 0 spiro atoms. The predicted molar refractivity (Wildman–Crippen MR) is 67.9 cm³/mol. The second-order valence-corrected chi connectivity index (χ2v) is 4.72. The quantitative estimate of drug-likeness (QED) is 0.850. The Labute approximate surface area is 106 Å². The van der Waals surface area contributed by atoms with E-state index in [9.17, 15) is 0 Å². The number of rotatable bonds is 5. The van der Waals surface area contributed by atoms with Crippen molar-refractivity contribution in [2.45, 2.75) is 12.6 Å². The molecule has 5 heteroatoms. The minimum atomic E-state index is -0.226. The lowest BCUT2D eigenvalue weighted by atomic mass is 10.2. The molecule has 0 aliphatic rings. The average molecular weight is 263 g/mol. The summed E-state index contributed by atoms with van der Waals surface area (Å²) >= 11 is 11.9. The molecule has 3 N–H and O–H groups in total. The number of likely N-dealkylation sites (N-methyl/N-ethyl adjacent to an activating group) is 1. The smallest absolute Gasteiger partial charge is 0.0595 e. The van der Waals surface area contributed by atoms with Crippen LogP contribution >= 0.6 is 23.2 Å². The summed E-state index contributed by atoms with van der Waals surface area (Å²) in [5, 5.41) is 10.1. The molecule has 0 amide bonds. The van der Waals surface area contributed by atoms with Crippen LogP contribution in [-0.2, 0) is 6.54 Å². The van der Waals surface area contributed by atoms with Gasteiger partial charge in [0.1, 0.15) is 0 Å². The number of aliphatic hydroxyl groups excluding tert-OH is 1. The van der Waals surface area contributed by atoms with Crippen LogP contribution in [0.2, 0.25) is 10.0 Å². The molecule has 0 saturated carbocycles. The minimum Gasteiger partial charge on any atom is -0.395 e. The van der Waals surface area contributed by atoms with Crippen molar-refractivity contribution in [3.63, 3.8) is 0 Å². The van der Waals surface area contributed by atoms with E-state index in [0.29, 0.717) is 23.1 Å². The van der Waals surface area contributed by atoms with Crippen LogP contribution < -0.4 is 5.73 Å². The van der Waals surface area contributed by atoms with Gasteiger partial charge in [-0.3, -0.25) is 0 Å². The molecule has 0 fully saturated rings. The molecule has 1 rings (SSSR count). The lowest BCUT2D eigenvalue weighted by Crippen LogP contribution is -2.37. The van der Waals surface area contributed by atoms with E-state index in [-0.39, 0.29) is 12.6 Å². The van der Waals surface area contributed by atoms with E-state index in [1.54, 1.807) is 6.07 Å². The van der Waals surface area contributed by atoms with Gasteiger partial charge < -0.3 is 15.7 Å². The molecule has 0 aromatic heterocycles. The largest absolute Gasteiger partial charge is 0.395 e. The van der Waals surface area contributed by atoms with Crippen molar-refractivity contribution in [3.8, 4) is 0 Å². The van der Waals surface area contributed by atoms with Gasteiger partial charge in [-0.1, -0.05) is 29.3 Å². The van der Waals surface area contributed by atoms with Crippen molar-refractivity contribution in [1.82, 2.24) is 4.90 Å². The van der Waals surface area contributed by atoms with Crippen molar-refractivity contribution in [2.24, 2.45) is 5.73 Å². The maximum absolute atomic E-state index is 8.85. The van der Waals surface area contributed by atoms with Crippen LogP contribution in [0.1, 0.15) is 5.56 Å². The van der Waals surface area contributed by atoms with Gasteiger partial charge in [0, 0.05) is 29.2 Å². The van der Waals surface area contributed by atoms with E-state index in [2.05, 4.69) is 0 Å². The van der Waals surface area contributed by atoms with Crippen LogP contribution in [0.25, 0.3) is 0 Å². The molecule has 0 aliphatic carbocycles. The molecule has 0 heterocycles. The summed E-state index contributed by atoms with van der Waals surface area (Å²) < 4.78 is 0. The van der Waals surface area contributed by atoms with Gasteiger partial charge in [-0.2, -0.15) is 0 Å². The normalized spacial score (nSPS) is 13.1. The molecule has 1 aromatic rings. The number of benzene rings is 1. The van der Waals surface area contributed by atoms with Gasteiger partial charge in [-0.25, -0.2) is 0 Å². The van der Waals surface area contributed by atoms with Crippen LogP contribution in [0.3, 0.4) is 0 Å². The molecule has 0 aliphatic heterocycles. The summed E-state index contributed by atoms with van der Waals surface area (Å²) in [4.78, 5) is 2.01. The molecule has 1 atom stereocenters. The second kappa shape index (κ2) is 6.42. The summed E-state index contributed by atoms with van der Waals surface area (Å²) in [6.07, 6.45) is 0. The zero-order valence-corrected chi connectivity index (χ0v) is 10.7. The summed E-state index contributed by atoms with van der Waals surface area (Å²) in [5.41, 5.74) is 6.64. The van der Waals surface area contributed by atoms with Gasteiger partial charge in [0.05, 0.1) is 6.61 Å². The molecule has 3 nitrogen and oxygen atoms in total. The van der Waals surface area contributed by atoms with Crippen molar-refractivity contribution in [1.29, 1.82) is 0 Å². The lowest BCUT2D eigenvalue weighted by Gasteiger charge is -2.20. The second-order valence-electron chi connectivity index (χ2n) is 3.88. The molecular weight excluding hydrogens is 247 g/mol. The molecule has 0 radical (unpaired) electrons. The number of hydrogen-bond acceptors (Lipinski definition) is 3. The first-order valence-corrected chi connectivity index (χ1v) is 5.77. The molecule has 90 valence electrons. The number of nitrogens with two attached hydrogens (primary N) is 1. The van der Waals surface area contributed by atoms with E-state index < -0.39 is 0 Å². The summed E-state index contributed by atoms with van der Waals surface area (Å²) in [6, 6.07) is 5.20. The van der Waals surface area contributed by atoms with Crippen LogP contribution in [0.15, 0.2) is 18.2 Å². The third-order valence-electron chi connectivity index (χ3n) is 2.24. The van der Waals surface area contributed by atoms with E-state index in [1.807, 2.05) is 24.1 Å². The summed E-state index contributed by atoms with van der Waals surface area (Å²) in [6.45, 7) is 1.29. The van der Waals surface area contributed by atoms with E-state index in [4.69, 9.17) is 34.0 Å². The third kappa shape index (κ3) is 4.28. The molecule has 1 aromatic carbocycles. The van der Waals surface area contributed by atoms with Crippen LogP contribution in [-0.4, -0.2) is 36.2 Å². The van der Waals surface area contributed by atoms with Gasteiger partial charge in [0.2, 0.25) is 0 Å². The Hall–Kier alpha value is -0.320. The number of nitrogens with zero attached hydrogens (tertiary/aromatic N) is 1. The Bertz CT molecular complexity index is 347. The first kappa shape index (κ1) is 13.7. The molecule has 1 unspecified atom stereocenters. The molecule has 16 heavy (non-hydrogen) atoms. The summed E-state index contributed by atoms with van der Waals surface area (Å²) in [5.74, 6) is 0. The van der Waals surface area contributed by atoms with Crippen LogP contribution in [0.4, 0.5) is 0 Å².